The van der Waals surface area contributed by atoms with Gasteiger partial charge in [-0.1, -0.05) is 17.7 Å². The predicted molar refractivity (Wildman–Crippen MR) is 145 cm³/mol. The Hall–Kier alpha value is -3.16. The number of aromatic nitrogens is 1. The van der Waals surface area contributed by atoms with E-state index in [0.717, 1.165) is 36.5 Å². The first-order valence-electron chi connectivity index (χ1n) is 12.4. The zero-order valence-corrected chi connectivity index (χ0v) is 25.6. The number of aliphatic carboxylic acids is 3. The number of benzene rings is 2. The Morgan fingerprint density at radius 1 is 1.10 bits per heavy atom. The second kappa shape index (κ2) is 15.9. The Labute approximate surface area is 261 Å². The summed E-state index contributed by atoms with van der Waals surface area (Å²) in [5.41, 5.74) is 1.20. The molecule has 224 valence electrons. The fraction of sp³-hybridized carbons (Fsp3) is 0.393. The molecular weight excluding hydrogens is 595 g/mol. The van der Waals surface area contributed by atoms with Crippen LogP contribution in [0.1, 0.15) is 63.3 Å². The van der Waals surface area contributed by atoms with Crippen molar-refractivity contribution in [1.29, 1.82) is 0 Å². The van der Waals surface area contributed by atoms with Crippen molar-refractivity contribution in [3.63, 3.8) is 0 Å². The van der Waals surface area contributed by atoms with Crippen molar-refractivity contribution in [3.05, 3.63) is 58.2 Å². The molecule has 4 rings (SSSR count). The Balaban J connectivity index is 0.000000873. The number of aryl methyl sites for hydroxylation is 1. The van der Waals surface area contributed by atoms with Crippen LogP contribution >= 0.6 is 11.6 Å². The first-order chi connectivity index (χ1) is 19.0. The number of alkyl halides is 3. The minimum atomic E-state index is -4.55. The maximum atomic E-state index is 13.5. The van der Waals surface area contributed by atoms with Gasteiger partial charge >= 0.3 is 35.2 Å². The van der Waals surface area contributed by atoms with Crippen LogP contribution in [0.15, 0.2) is 36.4 Å². The smallest absolute Gasteiger partial charge is 0.550 e. The number of halogens is 4. The fourth-order valence-electron chi connectivity index (χ4n) is 4.29. The SMILES string of the molecule is CC(=O)[O-].CC(=O)[O-].CC(C)Oc1ccc(COc2ccc3c(c2)c(Cl)c2n3CC[C@@H]2CC(=O)O)cc1C(F)(F)F.[Mg+2]. The maximum Gasteiger partial charge on any atom is 2.00 e. The van der Waals surface area contributed by atoms with Gasteiger partial charge in [-0.05, 0) is 70.0 Å². The van der Waals surface area contributed by atoms with E-state index < -0.39 is 29.6 Å². The number of nitrogens with zero attached hydrogens (tertiary/aromatic N) is 1. The standard InChI is InChI=1S/C24H23ClF3NO4.2C2H4O2.Mg/c1-13(2)33-20-6-3-14(9-18(20)24(26,27)28)12-32-16-4-5-19-17(11-16)22(25)23-15(10-21(30)31)7-8-29(19)23;2*1-2(3)4;/h3-6,9,11,13,15H,7-8,10,12H2,1-2H3,(H,30,31);2*1H3,(H,3,4);/q;;;+2/p-2/t15-;;;/m1.../s1. The molecule has 9 nitrogen and oxygen atoms in total. The molecule has 0 unspecified atom stereocenters. The summed E-state index contributed by atoms with van der Waals surface area (Å²) in [6.45, 7) is 5.89. The molecule has 42 heavy (non-hydrogen) atoms. The summed E-state index contributed by atoms with van der Waals surface area (Å²) in [4.78, 5) is 29.0. The predicted octanol–water partition coefficient (Wildman–Crippen LogP) is 3.77. The monoisotopic (exact) mass is 623 g/mol. The van der Waals surface area contributed by atoms with Crippen LogP contribution in [0.2, 0.25) is 5.02 Å². The van der Waals surface area contributed by atoms with E-state index in [4.69, 9.17) is 46.0 Å². The molecule has 0 amide bonds. The fourth-order valence-corrected chi connectivity index (χ4v) is 4.69. The van der Waals surface area contributed by atoms with Gasteiger partial charge in [-0.25, -0.2) is 0 Å². The van der Waals surface area contributed by atoms with E-state index in [2.05, 4.69) is 0 Å². The molecule has 0 bridgehead atoms. The van der Waals surface area contributed by atoms with Crippen molar-refractivity contribution in [2.75, 3.05) is 0 Å². The summed E-state index contributed by atoms with van der Waals surface area (Å²) in [6, 6.07) is 9.19. The summed E-state index contributed by atoms with van der Waals surface area (Å²) in [6.07, 6.45) is -4.21. The average Bonchev–Trinajstić information content (AvgIpc) is 3.35. The van der Waals surface area contributed by atoms with Crippen molar-refractivity contribution in [1.82, 2.24) is 4.57 Å². The number of carboxylic acid groups (broad SMARTS) is 3. The van der Waals surface area contributed by atoms with Crippen LogP contribution in [0, 0.1) is 0 Å². The summed E-state index contributed by atoms with van der Waals surface area (Å²) in [5, 5.41) is 28.2. The number of ether oxygens (including phenoxy) is 2. The quantitative estimate of drug-likeness (QED) is 0.392. The molecule has 1 aliphatic rings. The Morgan fingerprint density at radius 3 is 2.21 bits per heavy atom. The van der Waals surface area contributed by atoms with Crippen molar-refractivity contribution in [2.24, 2.45) is 0 Å². The molecular formula is C28H29ClF3MgNO8. The van der Waals surface area contributed by atoms with Crippen LogP contribution < -0.4 is 19.7 Å². The minimum absolute atomic E-state index is 0. The van der Waals surface area contributed by atoms with E-state index in [-0.39, 0.29) is 53.9 Å². The van der Waals surface area contributed by atoms with Gasteiger partial charge in [-0.15, -0.1) is 0 Å². The summed E-state index contributed by atoms with van der Waals surface area (Å²) >= 11 is 6.59. The Morgan fingerprint density at radius 2 is 1.69 bits per heavy atom. The number of carbonyl (C=O) groups is 3. The van der Waals surface area contributed by atoms with E-state index in [0.29, 0.717) is 29.3 Å². The van der Waals surface area contributed by atoms with Gasteiger partial charge in [0.15, 0.2) is 0 Å². The van der Waals surface area contributed by atoms with Gasteiger partial charge in [-0.2, -0.15) is 13.2 Å². The summed E-state index contributed by atoms with van der Waals surface area (Å²) < 4.78 is 53.5. The van der Waals surface area contributed by atoms with Crippen molar-refractivity contribution < 1.29 is 52.3 Å². The molecule has 0 fully saturated rings. The molecule has 1 N–H and O–H groups in total. The van der Waals surface area contributed by atoms with E-state index in [9.17, 15) is 18.0 Å². The van der Waals surface area contributed by atoms with E-state index in [1.54, 1.807) is 32.0 Å². The number of fused-ring (bicyclic) bond motifs is 3. The number of hydrogen-bond donors (Lipinski definition) is 1. The number of rotatable bonds is 7. The molecule has 0 saturated heterocycles. The number of carbonyl (C=O) groups excluding carboxylic acids is 2. The Bertz CT molecular complexity index is 1390. The zero-order chi connectivity index (χ0) is 31.1. The molecule has 2 aromatic carbocycles. The molecule has 2 heterocycles. The number of hydrogen-bond acceptors (Lipinski definition) is 7. The molecule has 0 radical (unpaired) electrons. The first kappa shape index (κ1) is 36.9. The average molecular weight is 624 g/mol. The summed E-state index contributed by atoms with van der Waals surface area (Å²) in [5.74, 6) is -2.95. The molecule has 0 aliphatic carbocycles. The van der Waals surface area contributed by atoms with E-state index in [1.165, 1.54) is 6.07 Å². The third-order valence-electron chi connectivity index (χ3n) is 5.64. The van der Waals surface area contributed by atoms with Crippen LogP contribution in [-0.2, 0) is 33.7 Å². The maximum absolute atomic E-state index is 13.5. The third kappa shape index (κ3) is 10.6. The third-order valence-corrected chi connectivity index (χ3v) is 6.03. The van der Waals surface area contributed by atoms with Crippen LogP contribution in [0.25, 0.3) is 10.9 Å². The van der Waals surface area contributed by atoms with Gasteiger partial charge in [0.05, 0.1) is 28.6 Å². The molecule has 1 aromatic heterocycles. The van der Waals surface area contributed by atoms with Crippen molar-refractivity contribution in [2.45, 2.75) is 71.9 Å². The molecule has 3 aromatic rings. The molecule has 1 atom stereocenters. The van der Waals surface area contributed by atoms with Crippen LogP contribution in [0.3, 0.4) is 0 Å². The van der Waals surface area contributed by atoms with Gasteiger partial charge < -0.3 is 38.9 Å². The van der Waals surface area contributed by atoms with Gasteiger partial charge in [0, 0.05) is 35.5 Å². The van der Waals surface area contributed by atoms with Gasteiger partial charge in [0.1, 0.15) is 18.1 Å². The molecule has 14 heteroatoms. The van der Waals surface area contributed by atoms with Crippen LogP contribution in [0.4, 0.5) is 13.2 Å². The second-order valence-corrected chi connectivity index (χ2v) is 9.76. The van der Waals surface area contributed by atoms with E-state index in [1.807, 2.05) is 10.6 Å². The van der Waals surface area contributed by atoms with Gasteiger partial charge in [-0.3, -0.25) is 4.79 Å². The number of carboxylic acids is 3. The summed E-state index contributed by atoms with van der Waals surface area (Å²) in [7, 11) is 0. The van der Waals surface area contributed by atoms with Crippen LogP contribution in [0.5, 0.6) is 11.5 Å². The van der Waals surface area contributed by atoms with E-state index >= 15 is 0 Å². The molecule has 1 aliphatic heterocycles. The first-order valence-corrected chi connectivity index (χ1v) is 12.8. The normalized spacial score (nSPS) is 13.6. The minimum Gasteiger partial charge on any atom is -0.550 e. The molecule has 0 saturated carbocycles. The zero-order valence-electron chi connectivity index (χ0n) is 23.4. The Kier molecular flexibility index (Phi) is 13.9. The topological polar surface area (TPSA) is 141 Å². The largest absolute Gasteiger partial charge is 2.00 e. The van der Waals surface area contributed by atoms with Gasteiger partial charge in [0.25, 0.3) is 0 Å². The second-order valence-electron chi connectivity index (χ2n) is 9.38. The van der Waals surface area contributed by atoms with Crippen molar-refractivity contribution >= 4 is 63.5 Å². The van der Waals surface area contributed by atoms with Crippen molar-refractivity contribution in [3.8, 4) is 11.5 Å². The van der Waals surface area contributed by atoms with Crippen LogP contribution in [-0.4, -0.2) is 56.7 Å². The van der Waals surface area contributed by atoms with Gasteiger partial charge in [0.2, 0.25) is 0 Å². The molecule has 0 spiro atoms.